The van der Waals surface area contributed by atoms with Gasteiger partial charge in [0.1, 0.15) is 5.82 Å². The summed E-state index contributed by atoms with van der Waals surface area (Å²) in [5, 5.41) is 9.23. The second kappa shape index (κ2) is 4.57. The molecule has 1 aliphatic rings. The lowest BCUT2D eigenvalue weighted by atomic mass is 10.0. The van der Waals surface area contributed by atoms with Crippen molar-refractivity contribution in [1.82, 2.24) is 4.98 Å². The second-order valence-corrected chi connectivity index (χ2v) is 3.84. The third kappa shape index (κ3) is 2.26. The summed E-state index contributed by atoms with van der Waals surface area (Å²) < 4.78 is 13.0. The number of halogens is 1. The molecule has 82 valence electrons. The predicted octanol–water partition coefficient (Wildman–Crippen LogP) is 1.57. The molecule has 2 rings (SSSR count). The van der Waals surface area contributed by atoms with Crippen LogP contribution >= 0.6 is 0 Å². The Morgan fingerprint density at radius 1 is 1.47 bits per heavy atom. The van der Waals surface area contributed by atoms with Crippen molar-refractivity contribution in [2.24, 2.45) is 0 Å². The van der Waals surface area contributed by atoms with Gasteiger partial charge in [0.2, 0.25) is 5.95 Å². The number of nitrogens with zero attached hydrogens (tertiary/aromatic N) is 2. The fraction of sp³-hybridized carbons (Fsp3) is 0.545. The average Bonchev–Trinajstić information content (AvgIpc) is 2.29. The molecule has 3 nitrogen and oxygen atoms in total. The molecule has 0 radical (unpaired) electrons. The summed E-state index contributed by atoms with van der Waals surface area (Å²) in [6, 6.07) is 4.87. The summed E-state index contributed by atoms with van der Waals surface area (Å²) in [4.78, 5) is 5.84. The molecule has 0 aromatic carbocycles. The largest absolute Gasteiger partial charge is 0.394 e. The molecule has 1 aromatic rings. The van der Waals surface area contributed by atoms with E-state index in [-0.39, 0.29) is 12.6 Å². The van der Waals surface area contributed by atoms with E-state index in [0.717, 1.165) is 25.8 Å². The maximum Gasteiger partial charge on any atom is 0.214 e. The summed E-state index contributed by atoms with van der Waals surface area (Å²) >= 11 is 0. The molecule has 0 aliphatic carbocycles. The smallest absolute Gasteiger partial charge is 0.214 e. The van der Waals surface area contributed by atoms with Crippen molar-refractivity contribution < 1.29 is 9.50 Å². The van der Waals surface area contributed by atoms with Crippen molar-refractivity contribution in [3.63, 3.8) is 0 Å². The molecule has 15 heavy (non-hydrogen) atoms. The highest BCUT2D eigenvalue weighted by molar-refractivity contribution is 5.39. The van der Waals surface area contributed by atoms with E-state index in [9.17, 15) is 9.50 Å². The molecule has 1 aliphatic heterocycles. The monoisotopic (exact) mass is 210 g/mol. The first-order valence-electron chi connectivity index (χ1n) is 5.31. The van der Waals surface area contributed by atoms with Gasteiger partial charge in [0.25, 0.3) is 0 Å². The van der Waals surface area contributed by atoms with Crippen LogP contribution in [0.5, 0.6) is 0 Å². The normalized spacial score (nSPS) is 21.7. The number of aliphatic hydroxyl groups excluding tert-OH is 1. The summed E-state index contributed by atoms with van der Waals surface area (Å²) in [6.45, 7) is 0.958. The molecule has 0 amide bonds. The van der Waals surface area contributed by atoms with Crippen LogP contribution in [0.2, 0.25) is 0 Å². The summed E-state index contributed by atoms with van der Waals surface area (Å²) in [5.74, 6) is 0.170. The van der Waals surface area contributed by atoms with Gasteiger partial charge in [-0.1, -0.05) is 6.07 Å². The van der Waals surface area contributed by atoms with Gasteiger partial charge in [0, 0.05) is 6.54 Å². The summed E-state index contributed by atoms with van der Waals surface area (Å²) in [6.07, 6.45) is 3.15. The Kier molecular flexibility index (Phi) is 3.16. The highest BCUT2D eigenvalue weighted by atomic mass is 19.1. The van der Waals surface area contributed by atoms with E-state index in [1.54, 1.807) is 12.1 Å². The van der Waals surface area contributed by atoms with Crippen LogP contribution in [0, 0.1) is 5.95 Å². The van der Waals surface area contributed by atoms with Gasteiger partial charge in [0.15, 0.2) is 0 Å². The van der Waals surface area contributed by atoms with Crippen LogP contribution in [-0.4, -0.2) is 29.3 Å². The molecule has 1 fully saturated rings. The fourth-order valence-electron chi connectivity index (χ4n) is 2.05. The van der Waals surface area contributed by atoms with Gasteiger partial charge < -0.3 is 10.0 Å². The molecule has 0 saturated carbocycles. The quantitative estimate of drug-likeness (QED) is 0.753. The molecule has 1 atom stereocenters. The number of anilines is 1. The van der Waals surface area contributed by atoms with Gasteiger partial charge in [-0.25, -0.2) is 4.98 Å². The SMILES string of the molecule is OCC1CCCCN1c1cccc(F)n1. The molecule has 2 heterocycles. The van der Waals surface area contributed by atoms with Crippen LogP contribution in [0.15, 0.2) is 18.2 Å². The van der Waals surface area contributed by atoms with Crippen LogP contribution in [0.3, 0.4) is 0 Å². The molecule has 0 spiro atoms. The van der Waals surface area contributed by atoms with Crippen molar-refractivity contribution in [3.8, 4) is 0 Å². The average molecular weight is 210 g/mol. The van der Waals surface area contributed by atoms with E-state index in [1.165, 1.54) is 6.07 Å². The van der Waals surface area contributed by atoms with Gasteiger partial charge in [-0.05, 0) is 31.4 Å². The van der Waals surface area contributed by atoms with Crippen molar-refractivity contribution in [2.45, 2.75) is 25.3 Å². The molecular weight excluding hydrogens is 195 g/mol. The third-order valence-electron chi connectivity index (χ3n) is 2.83. The van der Waals surface area contributed by atoms with Gasteiger partial charge in [0.05, 0.1) is 12.6 Å². The number of rotatable bonds is 2. The van der Waals surface area contributed by atoms with Gasteiger partial charge >= 0.3 is 0 Å². The first-order valence-corrected chi connectivity index (χ1v) is 5.31. The summed E-state index contributed by atoms with van der Waals surface area (Å²) in [7, 11) is 0. The molecule has 1 N–H and O–H groups in total. The maximum absolute atomic E-state index is 13.0. The van der Waals surface area contributed by atoms with Crippen LogP contribution in [0.4, 0.5) is 10.2 Å². The molecule has 1 aromatic heterocycles. The Hall–Kier alpha value is -1.16. The van der Waals surface area contributed by atoms with E-state index in [1.807, 2.05) is 4.90 Å². The molecular formula is C11H15FN2O. The van der Waals surface area contributed by atoms with Crippen molar-refractivity contribution >= 4 is 5.82 Å². The van der Waals surface area contributed by atoms with Crippen LogP contribution in [0.1, 0.15) is 19.3 Å². The zero-order valence-corrected chi connectivity index (χ0v) is 8.56. The summed E-state index contributed by atoms with van der Waals surface area (Å²) in [5.41, 5.74) is 0. The standard InChI is InChI=1S/C11H15FN2O/c12-10-5-3-6-11(13-10)14-7-2-1-4-9(14)8-15/h3,5-6,9,15H,1-2,4,7-8H2. The number of aliphatic hydroxyl groups is 1. The van der Waals surface area contributed by atoms with E-state index in [4.69, 9.17) is 0 Å². The third-order valence-corrected chi connectivity index (χ3v) is 2.83. The lowest BCUT2D eigenvalue weighted by Gasteiger charge is -2.35. The van der Waals surface area contributed by atoms with E-state index in [2.05, 4.69) is 4.98 Å². The molecule has 1 unspecified atom stereocenters. The fourth-order valence-corrected chi connectivity index (χ4v) is 2.05. The highest BCUT2D eigenvalue weighted by Gasteiger charge is 2.22. The minimum atomic E-state index is -0.463. The lowest BCUT2D eigenvalue weighted by Crippen LogP contribution is -2.42. The lowest BCUT2D eigenvalue weighted by molar-refractivity contribution is 0.239. The molecule has 0 bridgehead atoms. The Morgan fingerprint density at radius 3 is 3.07 bits per heavy atom. The van der Waals surface area contributed by atoms with Gasteiger partial charge in [-0.2, -0.15) is 4.39 Å². The van der Waals surface area contributed by atoms with Crippen molar-refractivity contribution in [3.05, 3.63) is 24.1 Å². The Morgan fingerprint density at radius 2 is 2.33 bits per heavy atom. The van der Waals surface area contributed by atoms with Crippen LogP contribution < -0.4 is 4.90 Å². The van der Waals surface area contributed by atoms with Crippen LogP contribution in [0.25, 0.3) is 0 Å². The highest BCUT2D eigenvalue weighted by Crippen LogP contribution is 2.22. The molecule has 1 saturated heterocycles. The van der Waals surface area contributed by atoms with E-state index >= 15 is 0 Å². The Balaban J connectivity index is 2.20. The number of aromatic nitrogens is 1. The Labute approximate surface area is 88.6 Å². The number of hydrogen-bond acceptors (Lipinski definition) is 3. The Bertz CT molecular complexity index is 332. The predicted molar refractivity (Wildman–Crippen MR) is 56.3 cm³/mol. The van der Waals surface area contributed by atoms with E-state index < -0.39 is 5.95 Å². The zero-order chi connectivity index (χ0) is 10.7. The first kappa shape index (κ1) is 10.4. The number of hydrogen-bond donors (Lipinski definition) is 1. The van der Waals surface area contributed by atoms with Crippen molar-refractivity contribution in [2.75, 3.05) is 18.1 Å². The second-order valence-electron chi connectivity index (χ2n) is 3.84. The number of pyridine rings is 1. The van der Waals surface area contributed by atoms with Gasteiger partial charge in [-0.15, -0.1) is 0 Å². The molecule has 4 heteroatoms. The minimum Gasteiger partial charge on any atom is -0.394 e. The number of piperidine rings is 1. The first-order chi connectivity index (χ1) is 7.31. The maximum atomic E-state index is 13.0. The minimum absolute atomic E-state index is 0.0908. The van der Waals surface area contributed by atoms with Crippen molar-refractivity contribution in [1.29, 1.82) is 0 Å². The topological polar surface area (TPSA) is 36.4 Å². The zero-order valence-electron chi connectivity index (χ0n) is 8.56. The van der Waals surface area contributed by atoms with Crippen LogP contribution in [-0.2, 0) is 0 Å². The van der Waals surface area contributed by atoms with Gasteiger partial charge in [-0.3, -0.25) is 0 Å². The van der Waals surface area contributed by atoms with E-state index in [0.29, 0.717) is 5.82 Å².